The average Bonchev–Trinajstić information content (AvgIpc) is 3.20. The minimum Gasteiger partial charge on any atom is -0.337 e. The summed E-state index contributed by atoms with van der Waals surface area (Å²) in [6.07, 6.45) is 3.29. The third-order valence-corrected chi connectivity index (χ3v) is 7.13. The highest BCUT2D eigenvalue weighted by Crippen LogP contribution is 2.19. The molecular formula is C19H20N2O4S2. The fourth-order valence-corrected chi connectivity index (χ4v) is 4.84. The molecule has 3 rings (SSSR count). The summed E-state index contributed by atoms with van der Waals surface area (Å²) in [5, 5.41) is 1.94. The first-order valence-electron chi connectivity index (χ1n) is 8.49. The van der Waals surface area contributed by atoms with Gasteiger partial charge in [-0.25, -0.2) is 8.42 Å². The molecule has 1 saturated heterocycles. The molecule has 0 bridgehead atoms. The number of carbonyl (C=O) groups excluding carboxylic acids is 2. The minimum atomic E-state index is -3.63. The van der Waals surface area contributed by atoms with Crippen LogP contribution in [0.1, 0.15) is 22.2 Å². The zero-order valence-corrected chi connectivity index (χ0v) is 16.5. The molecule has 1 aromatic carbocycles. The standard InChI is InChI=1S/C19H20N2O4S2/c1-15(22)16-4-7-18(8-5-16)27(24,25)21-12-10-20(11-13-21)19(23)9-6-17-3-2-14-26-17/h2-9,14H,10-13H2,1H3. The van der Waals surface area contributed by atoms with Crippen molar-refractivity contribution < 1.29 is 18.0 Å². The Morgan fingerprint density at radius 1 is 1.04 bits per heavy atom. The smallest absolute Gasteiger partial charge is 0.246 e. The van der Waals surface area contributed by atoms with Gasteiger partial charge in [0.1, 0.15) is 0 Å². The molecule has 0 unspecified atom stereocenters. The Bertz CT molecular complexity index is 940. The summed E-state index contributed by atoms with van der Waals surface area (Å²) < 4.78 is 26.9. The van der Waals surface area contributed by atoms with Crippen LogP contribution in [-0.2, 0) is 14.8 Å². The summed E-state index contributed by atoms with van der Waals surface area (Å²) in [5.41, 5.74) is 0.474. The molecule has 1 aliphatic heterocycles. The van der Waals surface area contributed by atoms with Gasteiger partial charge in [0, 0.05) is 42.7 Å². The van der Waals surface area contributed by atoms with Gasteiger partial charge < -0.3 is 4.90 Å². The number of rotatable bonds is 5. The summed E-state index contributed by atoms with van der Waals surface area (Å²) >= 11 is 1.55. The van der Waals surface area contributed by atoms with E-state index in [1.165, 1.54) is 41.6 Å². The molecular weight excluding hydrogens is 384 g/mol. The van der Waals surface area contributed by atoms with E-state index in [0.717, 1.165) is 4.88 Å². The lowest BCUT2D eigenvalue weighted by Gasteiger charge is -2.33. The fraction of sp³-hybridized carbons (Fsp3) is 0.263. The number of Topliss-reactive ketones (excluding diaryl/α,β-unsaturated/α-hetero) is 1. The summed E-state index contributed by atoms with van der Waals surface area (Å²) in [5.74, 6) is -0.229. The Morgan fingerprint density at radius 3 is 2.26 bits per heavy atom. The number of carbonyl (C=O) groups is 2. The van der Waals surface area contributed by atoms with E-state index < -0.39 is 10.0 Å². The summed E-state index contributed by atoms with van der Waals surface area (Å²) in [7, 11) is -3.63. The van der Waals surface area contributed by atoms with Crippen molar-refractivity contribution in [3.63, 3.8) is 0 Å². The Morgan fingerprint density at radius 2 is 1.70 bits per heavy atom. The van der Waals surface area contributed by atoms with Crippen LogP contribution in [0.2, 0.25) is 0 Å². The lowest BCUT2D eigenvalue weighted by atomic mass is 10.2. The maximum Gasteiger partial charge on any atom is 0.246 e. The van der Waals surface area contributed by atoms with Crippen LogP contribution in [-0.4, -0.2) is 55.5 Å². The maximum atomic E-state index is 12.8. The van der Waals surface area contributed by atoms with Crippen LogP contribution >= 0.6 is 11.3 Å². The molecule has 0 spiro atoms. The highest BCUT2D eigenvalue weighted by Gasteiger charge is 2.29. The van der Waals surface area contributed by atoms with E-state index >= 15 is 0 Å². The van der Waals surface area contributed by atoms with Gasteiger partial charge in [0.05, 0.1) is 4.90 Å². The van der Waals surface area contributed by atoms with Crippen molar-refractivity contribution >= 4 is 39.1 Å². The molecule has 0 saturated carbocycles. The van der Waals surface area contributed by atoms with Gasteiger partial charge in [-0.1, -0.05) is 18.2 Å². The van der Waals surface area contributed by atoms with Crippen molar-refractivity contribution in [2.75, 3.05) is 26.2 Å². The molecule has 2 heterocycles. The third-order valence-electron chi connectivity index (χ3n) is 4.38. The Labute approximate surface area is 162 Å². The van der Waals surface area contributed by atoms with E-state index in [2.05, 4.69) is 0 Å². The van der Waals surface area contributed by atoms with E-state index in [-0.39, 0.29) is 29.7 Å². The number of hydrogen-bond acceptors (Lipinski definition) is 5. The third kappa shape index (κ3) is 4.52. The SMILES string of the molecule is CC(=O)c1ccc(S(=O)(=O)N2CCN(C(=O)C=Cc3cccs3)CC2)cc1. The van der Waals surface area contributed by atoms with Gasteiger partial charge in [0.15, 0.2) is 5.78 Å². The summed E-state index contributed by atoms with van der Waals surface area (Å²) in [6.45, 7) is 2.62. The second-order valence-electron chi connectivity index (χ2n) is 6.16. The lowest BCUT2D eigenvalue weighted by Crippen LogP contribution is -2.50. The van der Waals surface area contributed by atoms with Gasteiger partial charge in [-0.3, -0.25) is 9.59 Å². The van der Waals surface area contributed by atoms with Crippen molar-refractivity contribution in [3.8, 4) is 0 Å². The quantitative estimate of drug-likeness (QED) is 0.567. The second kappa shape index (κ2) is 8.16. The Kier molecular flexibility index (Phi) is 5.88. The van der Waals surface area contributed by atoms with Crippen molar-refractivity contribution in [1.82, 2.24) is 9.21 Å². The molecule has 142 valence electrons. The predicted octanol–water partition coefficient (Wildman–Crippen LogP) is 2.50. The van der Waals surface area contributed by atoms with Crippen molar-refractivity contribution in [2.24, 2.45) is 0 Å². The molecule has 1 amide bonds. The second-order valence-corrected chi connectivity index (χ2v) is 9.08. The van der Waals surface area contributed by atoms with Gasteiger partial charge in [-0.05, 0) is 36.6 Å². The van der Waals surface area contributed by atoms with Crippen molar-refractivity contribution in [2.45, 2.75) is 11.8 Å². The van der Waals surface area contributed by atoms with E-state index in [4.69, 9.17) is 0 Å². The topological polar surface area (TPSA) is 74.8 Å². The molecule has 1 aliphatic rings. The monoisotopic (exact) mass is 404 g/mol. The van der Waals surface area contributed by atoms with E-state index in [1.807, 2.05) is 17.5 Å². The number of piperazine rings is 1. The first kappa shape index (κ1) is 19.5. The number of benzene rings is 1. The Hall–Kier alpha value is -2.29. The number of thiophene rings is 1. The minimum absolute atomic E-state index is 0.110. The number of amides is 1. The fourth-order valence-electron chi connectivity index (χ4n) is 2.80. The number of nitrogens with zero attached hydrogens (tertiary/aromatic N) is 2. The molecule has 0 aliphatic carbocycles. The Balaban J connectivity index is 1.62. The highest BCUT2D eigenvalue weighted by atomic mass is 32.2. The van der Waals surface area contributed by atoms with E-state index in [9.17, 15) is 18.0 Å². The van der Waals surface area contributed by atoms with Crippen LogP contribution in [0.4, 0.5) is 0 Å². The van der Waals surface area contributed by atoms with Crippen LogP contribution in [0, 0.1) is 0 Å². The van der Waals surface area contributed by atoms with Gasteiger partial charge in [-0.2, -0.15) is 4.31 Å². The predicted molar refractivity (Wildman–Crippen MR) is 105 cm³/mol. The van der Waals surface area contributed by atoms with Crippen molar-refractivity contribution in [1.29, 1.82) is 0 Å². The van der Waals surface area contributed by atoms with Gasteiger partial charge in [-0.15, -0.1) is 11.3 Å². The molecule has 0 N–H and O–H groups in total. The number of sulfonamides is 1. The lowest BCUT2D eigenvalue weighted by molar-refractivity contribution is -0.127. The molecule has 0 atom stereocenters. The molecule has 27 heavy (non-hydrogen) atoms. The number of ketones is 1. The zero-order chi connectivity index (χ0) is 19.4. The maximum absolute atomic E-state index is 12.8. The molecule has 1 aromatic heterocycles. The van der Waals surface area contributed by atoms with Crippen molar-refractivity contribution in [3.05, 3.63) is 58.3 Å². The molecule has 0 radical (unpaired) electrons. The first-order valence-corrected chi connectivity index (χ1v) is 10.8. The van der Waals surface area contributed by atoms with Crippen LogP contribution < -0.4 is 0 Å². The normalized spacial score (nSPS) is 16.0. The summed E-state index contributed by atoms with van der Waals surface area (Å²) in [4.78, 5) is 26.4. The summed E-state index contributed by atoms with van der Waals surface area (Å²) in [6, 6.07) is 9.78. The molecule has 8 heteroatoms. The largest absolute Gasteiger partial charge is 0.337 e. The van der Waals surface area contributed by atoms with Gasteiger partial charge in [0.25, 0.3) is 0 Å². The van der Waals surface area contributed by atoms with E-state index in [0.29, 0.717) is 18.7 Å². The molecule has 2 aromatic rings. The van der Waals surface area contributed by atoms with E-state index in [1.54, 1.807) is 22.3 Å². The van der Waals surface area contributed by atoms with Crippen LogP contribution in [0.3, 0.4) is 0 Å². The average molecular weight is 405 g/mol. The van der Waals surface area contributed by atoms with Gasteiger partial charge in [0.2, 0.25) is 15.9 Å². The van der Waals surface area contributed by atoms with Crippen LogP contribution in [0.25, 0.3) is 6.08 Å². The van der Waals surface area contributed by atoms with Crippen LogP contribution in [0.15, 0.2) is 52.7 Å². The van der Waals surface area contributed by atoms with Crippen LogP contribution in [0.5, 0.6) is 0 Å². The molecule has 6 nitrogen and oxygen atoms in total. The zero-order valence-electron chi connectivity index (χ0n) is 14.9. The molecule has 1 fully saturated rings. The van der Waals surface area contributed by atoms with Gasteiger partial charge >= 0.3 is 0 Å². The number of hydrogen-bond donors (Lipinski definition) is 0. The first-order chi connectivity index (χ1) is 12.9. The highest BCUT2D eigenvalue weighted by molar-refractivity contribution is 7.89.